The van der Waals surface area contributed by atoms with Crippen LogP contribution in [0.15, 0.2) is 12.3 Å². The Morgan fingerprint density at radius 2 is 2.38 bits per heavy atom. The van der Waals surface area contributed by atoms with Crippen molar-refractivity contribution in [3.8, 4) is 0 Å². The van der Waals surface area contributed by atoms with Gasteiger partial charge in [0.25, 0.3) is 0 Å². The molecule has 0 atom stereocenters. The van der Waals surface area contributed by atoms with Gasteiger partial charge in [0.1, 0.15) is 5.82 Å². The average molecular weight is 180 g/mol. The Kier molecular flexibility index (Phi) is 3.37. The van der Waals surface area contributed by atoms with Crippen molar-refractivity contribution < 1.29 is 9.90 Å². The Morgan fingerprint density at radius 3 is 3.00 bits per heavy atom. The number of hydrogen-bond donors (Lipinski definition) is 1. The number of aromatic nitrogens is 2. The first-order chi connectivity index (χ1) is 6.24. The lowest BCUT2D eigenvalue weighted by atomic mass is 10.2. The number of hydrogen-bond acceptors (Lipinski definition) is 3. The molecule has 0 spiro atoms. The van der Waals surface area contributed by atoms with Crippen molar-refractivity contribution in [1.29, 1.82) is 0 Å². The standard InChI is InChI=1S/C9H12N2O2/c1-2-3-4-8-10-6-5-7(11-8)9(12)13/h5-6H,2-4H2,1H3,(H,12,13). The van der Waals surface area contributed by atoms with Crippen LogP contribution in [-0.4, -0.2) is 21.0 Å². The van der Waals surface area contributed by atoms with Gasteiger partial charge in [-0.2, -0.15) is 0 Å². The van der Waals surface area contributed by atoms with Crippen LogP contribution < -0.4 is 0 Å². The summed E-state index contributed by atoms with van der Waals surface area (Å²) in [6.45, 7) is 2.07. The molecule has 1 aromatic heterocycles. The fourth-order valence-electron chi connectivity index (χ4n) is 0.974. The molecule has 0 fully saturated rings. The van der Waals surface area contributed by atoms with Crippen LogP contribution in [0.5, 0.6) is 0 Å². The topological polar surface area (TPSA) is 63.1 Å². The minimum atomic E-state index is -1.000. The van der Waals surface area contributed by atoms with Crippen molar-refractivity contribution in [1.82, 2.24) is 9.97 Å². The van der Waals surface area contributed by atoms with E-state index in [2.05, 4.69) is 16.9 Å². The highest BCUT2D eigenvalue weighted by atomic mass is 16.4. The van der Waals surface area contributed by atoms with Crippen LogP contribution in [0, 0.1) is 0 Å². The summed E-state index contributed by atoms with van der Waals surface area (Å²) in [6, 6.07) is 1.40. The lowest BCUT2D eigenvalue weighted by molar-refractivity contribution is 0.0690. The van der Waals surface area contributed by atoms with Crippen LogP contribution in [0.25, 0.3) is 0 Å². The molecular weight excluding hydrogens is 168 g/mol. The van der Waals surface area contributed by atoms with Gasteiger partial charge >= 0.3 is 5.97 Å². The number of carbonyl (C=O) groups is 1. The molecule has 1 N–H and O–H groups in total. The second-order valence-electron chi connectivity index (χ2n) is 2.77. The summed E-state index contributed by atoms with van der Waals surface area (Å²) in [7, 11) is 0. The Balaban J connectivity index is 2.73. The summed E-state index contributed by atoms with van der Waals surface area (Å²) >= 11 is 0. The fourth-order valence-corrected chi connectivity index (χ4v) is 0.974. The van der Waals surface area contributed by atoms with E-state index in [1.54, 1.807) is 0 Å². The van der Waals surface area contributed by atoms with Crippen LogP contribution >= 0.6 is 0 Å². The van der Waals surface area contributed by atoms with Gasteiger partial charge in [-0.3, -0.25) is 0 Å². The van der Waals surface area contributed by atoms with E-state index in [-0.39, 0.29) is 5.69 Å². The van der Waals surface area contributed by atoms with E-state index >= 15 is 0 Å². The zero-order valence-electron chi connectivity index (χ0n) is 7.53. The number of aromatic carboxylic acids is 1. The predicted molar refractivity (Wildman–Crippen MR) is 47.6 cm³/mol. The summed E-state index contributed by atoms with van der Waals surface area (Å²) in [5, 5.41) is 8.64. The fraction of sp³-hybridized carbons (Fsp3) is 0.444. The first-order valence-corrected chi connectivity index (χ1v) is 4.29. The molecule has 0 radical (unpaired) electrons. The smallest absolute Gasteiger partial charge is 0.354 e. The molecule has 0 saturated carbocycles. The van der Waals surface area contributed by atoms with Crippen molar-refractivity contribution in [2.75, 3.05) is 0 Å². The highest BCUT2D eigenvalue weighted by molar-refractivity contribution is 5.85. The Bertz CT molecular complexity index is 299. The Labute approximate surface area is 76.7 Å². The van der Waals surface area contributed by atoms with E-state index in [4.69, 9.17) is 5.11 Å². The lowest BCUT2D eigenvalue weighted by Gasteiger charge is -1.98. The van der Waals surface area contributed by atoms with Crippen molar-refractivity contribution in [3.63, 3.8) is 0 Å². The predicted octanol–water partition coefficient (Wildman–Crippen LogP) is 1.52. The van der Waals surface area contributed by atoms with E-state index in [0.29, 0.717) is 5.82 Å². The number of rotatable bonds is 4. The van der Waals surface area contributed by atoms with E-state index in [1.165, 1.54) is 12.3 Å². The van der Waals surface area contributed by atoms with Crippen molar-refractivity contribution in [2.45, 2.75) is 26.2 Å². The Morgan fingerprint density at radius 1 is 1.62 bits per heavy atom. The second-order valence-corrected chi connectivity index (χ2v) is 2.77. The molecule has 1 heterocycles. The van der Waals surface area contributed by atoms with Crippen molar-refractivity contribution in [2.24, 2.45) is 0 Å². The number of unbranched alkanes of at least 4 members (excludes halogenated alkanes) is 1. The van der Waals surface area contributed by atoms with E-state index in [9.17, 15) is 4.79 Å². The van der Waals surface area contributed by atoms with Crippen LogP contribution in [0.1, 0.15) is 36.1 Å². The van der Waals surface area contributed by atoms with Crippen LogP contribution in [-0.2, 0) is 6.42 Å². The quantitative estimate of drug-likeness (QED) is 0.763. The molecule has 1 rings (SSSR count). The molecule has 0 aliphatic heterocycles. The highest BCUT2D eigenvalue weighted by Crippen LogP contribution is 2.00. The molecule has 4 heteroatoms. The molecular formula is C9H12N2O2. The van der Waals surface area contributed by atoms with Gasteiger partial charge in [0.15, 0.2) is 5.69 Å². The molecule has 0 aliphatic carbocycles. The maximum Gasteiger partial charge on any atom is 0.354 e. The van der Waals surface area contributed by atoms with Crippen molar-refractivity contribution >= 4 is 5.97 Å². The Hall–Kier alpha value is -1.45. The average Bonchev–Trinajstić information content (AvgIpc) is 2.15. The molecule has 4 nitrogen and oxygen atoms in total. The largest absolute Gasteiger partial charge is 0.477 e. The molecule has 0 bridgehead atoms. The molecule has 0 unspecified atom stereocenters. The van der Waals surface area contributed by atoms with Gasteiger partial charge in [0, 0.05) is 12.6 Å². The SMILES string of the molecule is CCCCc1nccc(C(=O)O)n1. The number of aryl methyl sites for hydroxylation is 1. The zero-order valence-corrected chi connectivity index (χ0v) is 7.53. The van der Waals surface area contributed by atoms with Crippen molar-refractivity contribution in [3.05, 3.63) is 23.8 Å². The number of carboxylic acid groups (broad SMARTS) is 1. The number of nitrogens with zero attached hydrogens (tertiary/aromatic N) is 2. The van der Waals surface area contributed by atoms with Crippen LogP contribution in [0.3, 0.4) is 0 Å². The van der Waals surface area contributed by atoms with E-state index in [0.717, 1.165) is 19.3 Å². The lowest BCUT2D eigenvalue weighted by Crippen LogP contribution is -2.04. The van der Waals surface area contributed by atoms with Gasteiger partial charge in [0.05, 0.1) is 0 Å². The van der Waals surface area contributed by atoms with Gasteiger partial charge in [-0.15, -0.1) is 0 Å². The molecule has 0 aromatic carbocycles. The summed E-state index contributed by atoms with van der Waals surface area (Å²) in [5.41, 5.74) is 0.0705. The van der Waals surface area contributed by atoms with Gasteiger partial charge < -0.3 is 5.11 Å². The third-order valence-electron chi connectivity index (χ3n) is 1.68. The minimum Gasteiger partial charge on any atom is -0.477 e. The summed E-state index contributed by atoms with van der Waals surface area (Å²) < 4.78 is 0. The van der Waals surface area contributed by atoms with Gasteiger partial charge in [-0.1, -0.05) is 13.3 Å². The molecule has 0 amide bonds. The molecule has 1 aromatic rings. The van der Waals surface area contributed by atoms with Gasteiger partial charge in [-0.05, 0) is 12.5 Å². The van der Waals surface area contributed by atoms with Crippen LogP contribution in [0.2, 0.25) is 0 Å². The summed E-state index contributed by atoms with van der Waals surface area (Å²) in [4.78, 5) is 18.4. The minimum absolute atomic E-state index is 0.0705. The molecule has 13 heavy (non-hydrogen) atoms. The highest BCUT2D eigenvalue weighted by Gasteiger charge is 2.05. The van der Waals surface area contributed by atoms with Gasteiger partial charge in [0.2, 0.25) is 0 Å². The zero-order chi connectivity index (χ0) is 9.68. The maximum absolute atomic E-state index is 10.5. The van der Waals surface area contributed by atoms with Gasteiger partial charge in [-0.25, -0.2) is 14.8 Å². The van der Waals surface area contributed by atoms with Crippen LogP contribution in [0.4, 0.5) is 0 Å². The van der Waals surface area contributed by atoms with E-state index in [1.807, 2.05) is 0 Å². The first kappa shape index (κ1) is 9.64. The summed E-state index contributed by atoms with van der Waals surface area (Å²) in [5.74, 6) is -0.387. The molecule has 0 aliphatic rings. The number of carboxylic acids is 1. The summed E-state index contributed by atoms with van der Waals surface area (Å²) in [6.07, 6.45) is 4.28. The third-order valence-corrected chi connectivity index (χ3v) is 1.68. The van der Waals surface area contributed by atoms with E-state index < -0.39 is 5.97 Å². The second kappa shape index (κ2) is 4.54. The maximum atomic E-state index is 10.5. The monoisotopic (exact) mass is 180 g/mol. The molecule has 0 saturated heterocycles. The normalized spacial score (nSPS) is 9.92. The first-order valence-electron chi connectivity index (χ1n) is 4.29. The third kappa shape index (κ3) is 2.82. The molecule has 70 valence electrons.